The normalized spacial score (nSPS) is 11.4. The standard InChI is InChI=1S/C29H34N2O6/c1-35-24-13-10-21(11-14-24)20-31(27(33)19-22-12-15-25(36-2)26(18-22)37-3)28(23-8-5-4-6-9-23)29(34)30-16-7-17-32/h4-6,8-15,18,28,32H,7,16-17,19-20H2,1-3H3,(H,30,34)/t28-/m1/s1. The largest absolute Gasteiger partial charge is 0.497 e. The molecule has 0 aromatic heterocycles. The Morgan fingerprint density at radius 3 is 2.16 bits per heavy atom. The summed E-state index contributed by atoms with van der Waals surface area (Å²) in [5.74, 6) is 1.26. The lowest BCUT2D eigenvalue weighted by molar-refractivity contribution is -0.141. The zero-order chi connectivity index (χ0) is 26.6. The van der Waals surface area contributed by atoms with Crippen molar-refractivity contribution in [3.8, 4) is 17.2 Å². The van der Waals surface area contributed by atoms with E-state index in [2.05, 4.69) is 5.32 Å². The average Bonchev–Trinajstić information content (AvgIpc) is 2.93. The SMILES string of the molecule is COc1ccc(CN(C(=O)Cc2ccc(OC)c(OC)c2)[C@@H](C(=O)NCCCO)c2ccccc2)cc1. The average molecular weight is 507 g/mol. The lowest BCUT2D eigenvalue weighted by Gasteiger charge is -2.32. The summed E-state index contributed by atoms with van der Waals surface area (Å²) < 4.78 is 16.0. The van der Waals surface area contributed by atoms with E-state index in [4.69, 9.17) is 19.3 Å². The van der Waals surface area contributed by atoms with Gasteiger partial charge in [0.05, 0.1) is 27.8 Å². The first kappa shape index (κ1) is 27.5. The number of amides is 2. The Hall–Kier alpha value is -4.04. The molecule has 196 valence electrons. The van der Waals surface area contributed by atoms with Crippen LogP contribution in [0.4, 0.5) is 0 Å². The molecule has 0 spiro atoms. The number of carbonyl (C=O) groups excluding carboxylic acids is 2. The molecule has 2 N–H and O–H groups in total. The van der Waals surface area contributed by atoms with Gasteiger partial charge < -0.3 is 29.5 Å². The molecule has 0 bridgehead atoms. The van der Waals surface area contributed by atoms with Crippen molar-refractivity contribution < 1.29 is 28.9 Å². The van der Waals surface area contributed by atoms with Crippen LogP contribution in [0.5, 0.6) is 17.2 Å². The van der Waals surface area contributed by atoms with E-state index < -0.39 is 6.04 Å². The monoisotopic (exact) mass is 506 g/mol. The summed E-state index contributed by atoms with van der Waals surface area (Å²) in [5.41, 5.74) is 2.28. The van der Waals surface area contributed by atoms with E-state index in [-0.39, 0.29) is 31.4 Å². The Morgan fingerprint density at radius 2 is 1.54 bits per heavy atom. The third kappa shape index (κ3) is 7.47. The number of hydrogen-bond donors (Lipinski definition) is 2. The van der Waals surface area contributed by atoms with Gasteiger partial charge in [-0.15, -0.1) is 0 Å². The van der Waals surface area contributed by atoms with Crippen LogP contribution in [0, 0.1) is 0 Å². The first-order valence-electron chi connectivity index (χ1n) is 12.1. The van der Waals surface area contributed by atoms with Crippen molar-refractivity contribution in [1.29, 1.82) is 0 Å². The number of nitrogens with zero attached hydrogens (tertiary/aromatic N) is 1. The van der Waals surface area contributed by atoms with E-state index in [1.807, 2.05) is 60.7 Å². The van der Waals surface area contributed by atoms with E-state index in [9.17, 15) is 9.59 Å². The number of ether oxygens (including phenoxy) is 3. The molecule has 3 rings (SSSR count). The fraction of sp³-hybridized carbons (Fsp3) is 0.310. The van der Waals surface area contributed by atoms with Crippen LogP contribution in [0.15, 0.2) is 72.8 Å². The van der Waals surface area contributed by atoms with E-state index in [0.29, 0.717) is 35.8 Å². The summed E-state index contributed by atoms with van der Waals surface area (Å²) >= 11 is 0. The van der Waals surface area contributed by atoms with Crippen LogP contribution < -0.4 is 19.5 Å². The van der Waals surface area contributed by atoms with Crippen LogP contribution in [0.2, 0.25) is 0 Å². The molecule has 0 radical (unpaired) electrons. The number of hydrogen-bond acceptors (Lipinski definition) is 6. The van der Waals surface area contributed by atoms with Crippen molar-refractivity contribution >= 4 is 11.8 Å². The molecule has 0 aliphatic heterocycles. The first-order chi connectivity index (χ1) is 18.0. The molecule has 37 heavy (non-hydrogen) atoms. The third-order valence-corrected chi connectivity index (χ3v) is 5.95. The maximum atomic E-state index is 13.9. The van der Waals surface area contributed by atoms with Gasteiger partial charge in [-0.2, -0.15) is 0 Å². The topological polar surface area (TPSA) is 97.3 Å². The summed E-state index contributed by atoms with van der Waals surface area (Å²) in [5, 5.41) is 12.0. The maximum Gasteiger partial charge on any atom is 0.247 e. The number of methoxy groups -OCH3 is 3. The molecule has 0 aliphatic carbocycles. The molecule has 1 atom stereocenters. The van der Waals surface area contributed by atoms with Crippen molar-refractivity contribution in [3.05, 3.63) is 89.5 Å². The number of aliphatic hydroxyl groups excluding tert-OH is 1. The number of carbonyl (C=O) groups is 2. The molecule has 3 aromatic carbocycles. The molecule has 0 saturated carbocycles. The highest BCUT2D eigenvalue weighted by Crippen LogP contribution is 2.29. The third-order valence-electron chi connectivity index (χ3n) is 5.95. The fourth-order valence-corrected chi connectivity index (χ4v) is 4.01. The van der Waals surface area contributed by atoms with Crippen LogP contribution in [-0.2, 0) is 22.6 Å². The summed E-state index contributed by atoms with van der Waals surface area (Å²) in [6, 6.07) is 21.1. The molecule has 8 nitrogen and oxygen atoms in total. The second kappa shape index (κ2) is 13.9. The molecule has 0 aliphatic rings. The highest BCUT2D eigenvalue weighted by atomic mass is 16.5. The summed E-state index contributed by atoms with van der Waals surface area (Å²) in [6.07, 6.45) is 0.481. The fourth-order valence-electron chi connectivity index (χ4n) is 4.01. The molecule has 8 heteroatoms. The smallest absolute Gasteiger partial charge is 0.247 e. The minimum atomic E-state index is -0.866. The van der Waals surface area contributed by atoms with Crippen LogP contribution >= 0.6 is 0 Å². The van der Waals surface area contributed by atoms with Gasteiger partial charge in [0.1, 0.15) is 11.8 Å². The highest BCUT2D eigenvalue weighted by Gasteiger charge is 2.31. The first-order valence-corrected chi connectivity index (χ1v) is 12.1. The summed E-state index contributed by atoms with van der Waals surface area (Å²) in [6.45, 7) is 0.478. The van der Waals surface area contributed by atoms with Gasteiger partial charge in [-0.1, -0.05) is 48.5 Å². The maximum absolute atomic E-state index is 13.9. The molecule has 0 unspecified atom stereocenters. The van der Waals surface area contributed by atoms with Crippen LogP contribution in [-0.4, -0.2) is 56.3 Å². The van der Waals surface area contributed by atoms with Gasteiger partial charge in [-0.25, -0.2) is 0 Å². The Bertz CT molecular complexity index is 1150. The number of benzene rings is 3. The highest BCUT2D eigenvalue weighted by molar-refractivity contribution is 5.89. The van der Waals surface area contributed by atoms with Gasteiger partial charge in [0, 0.05) is 19.7 Å². The second-order valence-corrected chi connectivity index (χ2v) is 8.42. The molecular weight excluding hydrogens is 472 g/mol. The predicted octanol–water partition coefficient (Wildman–Crippen LogP) is 3.52. The zero-order valence-corrected chi connectivity index (χ0v) is 21.5. The van der Waals surface area contributed by atoms with E-state index in [0.717, 1.165) is 11.1 Å². The summed E-state index contributed by atoms with van der Waals surface area (Å²) in [7, 11) is 4.69. The van der Waals surface area contributed by atoms with Crippen LogP contribution in [0.3, 0.4) is 0 Å². The van der Waals surface area contributed by atoms with Gasteiger partial charge in [0.2, 0.25) is 11.8 Å². The van der Waals surface area contributed by atoms with Crippen molar-refractivity contribution in [2.75, 3.05) is 34.5 Å². The molecule has 0 heterocycles. The number of rotatable bonds is 13. The second-order valence-electron chi connectivity index (χ2n) is 8.42. The molecular formula is C29H34N2O6. The van der Waals surface area contributed by atoms with Gasteiger partial charge in [-0.05, 0) is 47.4 Å². The Morgan fingerprint density at radius 1 is 0.865 bits per heavy atom. The van der Waals surface area contributed by atoms with E-state index >= 15 is 0 Å². The van der Waals surface area contributed by atoms with Crippen molar-refractivity contribution in [2.24, 2.45) is 0 Å². The van der Waals surface area contributed by atoms with Crippen molar-refractivity contribution in [2.45, 2.75) is 25.4 Å². The Balaban J connectivity index is 1.99. The number of aliphatic hydroxyl groups is 1. The molecule has 3 aromatic rings. The quantitative estimate of drug-likeness (QED) is 0.344. The lowest BCUT2D eigenvalue weighted by Crippen LogP contribution is -2.44. The van der Waals surface area contributed by atoms with Gasteiger partial charge >= 0.3 is 0 Å². The zero-order valence-electron chi connectivity index (χ0n) is 21.5. The van der Waals surface area contributed by atoms with Crippen LogP contribution in [0.1, 0.15) is 29.2 Å². The van der Waals surface area contributed by atoms with Gasteiger partial charge in [-0.3, -0.25) is 9.59 Å². The number of nitrogens with one attached hydrogen (secondary N) is 1. The minimum Gasteiger partial charge on any atom is -0.497 e. The molecule has 2 amide bonds. The van der Waals surface area contributed by atoms with E-state index in [1.54, 1.807) is 38.4 Å². The summed E-state index contributed by atoms with van der Waals surface area (Å²) in [4.78, 5) is 28.9. The molecule has 0 fully saturated rings. The molecule has 0 saturated heterocycles. The van der Waals surface area contributed by atoms with Gasteiger partial charge in [0.25, 0.3) is 0 Å². The lowest BCUT2D eigenvalue weighted by atomic mass is 10.0. The predicted molar refractivity (Wildman–Crippen MR) is 141 cm³/mol. The Kier molecular flexibility index (Phi) is 10.3. The van der Waals surface area contributed by atoms with Gasteiger partial charge in [0.15, 0.2) is 11.5 Å². The Labute approximate surface area is 217 Å². The van der Waals surface area contributed by atoms with Crippen LogP contribution in [0.25, 0.3) is 0 Å². The van der Waals surface area contributed by atoms with Crippen molar-refractivity contribution in [1.82, 2.24) is 10.2 Å². The van der Waals surface area contributed by atoms with Crippen molar-refractivity contribution in [3.63, 3.8) is 0 Å². The van der Waals surface area contributed by atoms with E-state index in [1.165, 1.54) is 0 Å². The minimum absolute atomic E-state index is 0.0376.